The van der Waals surface area contributed by atoms with E-state index < -0.39 is 5.60 Å². The standard InChI is InChI=1S/C11H17NO2S/c1-11(2,3)14-10(13)9-5-4-8(15-9)6-7-12/h8-9H,4-6H2,1-3H3/t8-,9-/m0/s1. The summed E-state index contributed by atoms with van der Waals surface area (Å²) in [6, 6.07) is 2.14. The van der Waals surface area contributed by atoms with Gasteiger partial charge < -0.3 is 4.74 Å². The van der Waals surface area contributed by atoms with Crippen LogP contribution in [0.25, 0.3) is 0 Å². The molecule has 1 aliphatic heterocycles. The van der Waals surface area contributed by atoms with Gasteiger partial charge in [0, 0.05) is 11.7 Å². The summed E-state index contributed by atoms with van der Waals surface area (Å²) < 4.78 is 5.31. The molecule has 0 aromatic rings. The summed E-state index contributed by atoms with van der Waals surface area (Å²) in [5.74, 6) is -0.132. The number of nitrogens with zero attached hydrogens (tertiary/aromatic N) is 1. The lowest BCUT2D eigenvalue weighted by Gasteiger charge is -2.21. The van der Waals surface area contributed by atoms with Gasteiger partial charge in [0.2, 0.25) is 0 Å². The quantitative estimate of drug-likeness (QED) is 0.680. The van der Waals surface area contributed by atoms with Crippen LogP contribution in [0.2, 0.25) is 0 Å². The largest absolute Gasteiger partial charge is 0.459 e. The molecule has 0 aromatic carbocycles. The first-order valence-electron chi connectivity index (χ1n) is 5.17. The predicted octanol–water partition coefficient (Wildman–Crippen LogP) is 2.51. The van der Waals surface area contributed by atoms with E-state index in [0.29, 0.717) is 11.7 Å². The fourth-order valence-electron chi connectivity index (χ4n) is 1.50. The van der Waals surface area contributed by atoms with E-state index >= 15 is 0 Å². The van der Waals surface area contributed by atoms with Crippen LogP contribution in [0.15, 0.2) is 0 Å². The van der Waals surface area contributed by atoms with Crippen molar-refractivity contribution >= 4 is 17.7 Å². The topological polar surface area (TPSA) is 50.1 Å². The first-order chi connectivity index (χ1) is 6.92. The van der Waals surface area contributed by atoms with Crippen LogP contribution < -0.4 is 0 Å². The Morgan fingerprint density at radius 2 is 2.20 bits per heavy atom. The van der Waals surface area contributed by atoms with Gasteiger partial charge in [-0.05, 0) is 33.6 Å². The molecule has 3 nitrogen and oxygen atoms in total. The van der Waals surface area contributed by atoms with Crippen LogP contribution in [-0.4, -0.2) is 22.1 Å². The van der Waals surface area contributed by atoms with Gasteiger partial charge in [-0.15, -0.1) is 11.8 Å². The van der Waals surface area contributed by atoms with Crippen LogP contribution in [0.5, 0.6) is 0 Å². The summed E-state index contributed by atoms with van der Waals surface area (Å²) in [7, 11) is 0. The summed E-state index contributed by atoms with van der Waals surface area (Å²) in [5, 5.41) is 8.80. The van der Waals surface area contributed by atoms with Gasteiger partial charge in [0.05, 0.1) is 6.07 Å². The molecule has 0 spiro atoms. The molecule has 2 atom stereocenters. The molecule has 0 aliphatic carbocycles. The molecule has 1 rings (SSSR count). The first kappa shape index (κ1) is 12.4. The zero-order valence-corrected chi connectivity index (χ0v) is 10.3. The van der Waals surface area contributed by atoms with Crippen LogP contribution in [0.1, 0.15) is 40.0 Å². The molecule has 0 unspecified atom stereocenters. The van der Waals surface area contributed by atoms with E-state index in [1.54, 1.807) is 11.8 Å². The number of carbonyl (C=O) groups excluding carboxylic acids is 1. The maximum absolute atomic E-state index is 11.7. The number of thioether (sulfide) groups is 1. The Labute approximate surface area is 95.2 Å². The minimum atomic E-state index is -0.412. The van der Waals surface area contributed by atoms with Gasteiger partial charge in [0.25, 0.3) is 0 Å². The van der Waals surface area contributed by atoms with Crippen molar-refractivity contribution in [1.82, 2.24) is 0 Å². The molecule has 4 heteroatoms. The summed E-state index contributed by atoms with van der Waals surface area (Å²) >= 11 is 1.59. The second-order valence-corrected chi connectivity index (χ2v) is 6.23. The minimum absolute atomic E-state index is 0.0671. The molecule has 1 fully saturated rings. The summed E-state index contributed by atoms with van der Waals surface area (Å²) in [6.45, 7) is 5.62. The molecule has 15 heavy (non-hydrogen) atoms. The molecule has 0 aromatic heterocycles. The molecular formula is C11H17NO2S. The zero-order chi connectivity index (χ0) is 11.5. The highest BCUT2D eigenvalue weighted by Crippen LogP contribution is 2.36. The van der Waals surface area contributed by atoms with Crippen molar-refractivity contribution in [2.45, 2.75) is 56.1 Å². The molecule has 1 heterocycles. The third kappa shape index (κ3) is 4.13. The number of ether oxygens (including phenoxy) is 1. The van der Waals surface area contributed by atoms with Gasteiger partial charge in [-0.1, -0.05) is 0 Å². The molecule has 0 radical (unpaired) electrons. The van der Waals surface area contributed by atoms with Gasteiger partial charge in [-0.25, -0.2) is 0 Å². The normalized spacial score (nSPS) is 26.0. The number of hydrogen-bond acceptors (Lipinski definition) is 4. The Kier molecular flexibility index (Phi) is 4.04. The molecule has 0 saturated carbocycles. The Hall–Kier alpha value is -0.690. The summed E-state index contributed by atoms with van der Waals surface area (Å²) in [5.41, 5.74) is -0.412. The smallest absolute Gasteiger partial charge is 0.319 e. The van der Waals surface area contributed by atoms with E-state index in [1.165, 1.54) is 0 Å². The van der Waals surface area contributed by atoms with Crippen molar-refractivity contribution in [3.63, 3.8) is 0 Å². The van der Waals surface area contributed by atoms with Crippen molar-refractivity contribution in [1.29, 1.82) is 5.26 Å². The fraction of sp³-hybridized carbons (Fsp3) is 0.818. The minimum Gasteiger partial charge on any atom is -0.459 e. The first-order valence-corrected chi connectivity index (χ1v) is 6.12. The monoisotopic (exact) mass is 227 g/mol. The van der Waals surface area contributed by atoms with Crippen LogP contribution in [0, 0.1) is 11.3 Å². The second kappa shape index (κ2) is 4.89. The molecule has 1 saturated heterocycles. The lowest BCUT2D eigenvalue weighted by molar-refractivity contribution is -0.154. The Bertz CT molecular complexity index is 277. The van der Waals surface area contributed by atoms with Crippen molar-refractivity contribution in [2.75, 3.05) is 0 Å². The fourth-order valence-corrected chi connectivity index (χ4v) is 2.84. The van der Waals surface area contributed by atoms with Crippen molar-refractivity contribution in [2.24, 2.45) is 0 Å². The van der Waals surface area contributed by atoms with Gasteiger partial charge in [-0.3, -0.25) is 4.79 Å². The number of esters is 1. The van der Waals surface area contributed by atoms with E-state index in [-0.39, 0.29) is 11.2 Å². The van der Waals surface area contributed by atoms with E-state index in [9.17, 15) is 4.79 Å². The summed E-state index contributed by atoms with van der Waals surface area (Å²) in [6.07, 6.45) is 2.32. The molecule has 84 valence electrons. The molecule has 0 bridgehead atoms. The van der Waals surface area contributed by atoms with Gasteiger partial charge in [0.1, 0.15) is 10.9 Å². The predicted molar refractivity (Wildman–Crippen MR) is 60.5 cm³/mol. The third-order valence-electron chi connectivity index (χ3n) is 2.10. The van der Waals surface area contributed by atoms with Crippen LogP contribution in [0.4, 0.5) is 0 Å². The lowest BCUT2D eigenvalue weighted by Crippen LogP contribution is -2.29. The van der Waals surface area contributed by atoms with Gasteiger partial charge in [0.15, 0.2) is 0 Å². The van der Waals surface area contributed by atoms with Crippen LogP contribution >= 0.6 is 11.8 Å². The highest BCUT2D eigenvalue weighted by molar-refractivity contribution is 8.01. The number of hydrogen-bond donors (Lipinski definition) is 0. The highest BCUT2D eigenvalue weighted by atomic mass is 32.2. The van der Waals surface area contributed by atoms with E-state index in [0.717, 1.165) is 12.8 Å². The second-order valence-electron chi connectivity index (χ2n) is 4.72. The molecule has 1 aliphatic rings. The van der Waals surface area contributed by atoms with Crippen molar-refractivity contribution in [3.05, 3.63) is 0 Å². The van der Waals surface area contributed by atoms with E-state index in [2.05, 4.69) is 6.07 Å². The zero-order valence-electron chi connectivity index (χ0n) is 9.45. The van der Waals surface area contributed by atoms with Crippen LogP contribution in [-0.2, 0) is 9.53 Å². The lowest BCUT2D eigenvalue weighted by atomic mass is 10.1. The Balaban J connectivity index is 2.41. The number of nitriles is 1. The Morgan fingerprint density at radius 3 is 2.73 bits per heavy atom. The molecular weight excluding hydrogens is 210 g/mol. The SMILES string of the molecule is CC(C)(C)OC(=O)[C@@H]1CC[C@@H](CC#N)S1. The average molecular weight is 227 g/mol. The van der Waals surface area contributed by atoms with Gasteiger partial charge >= 0.3 is 5.97 Å². The Morgan fingerprint density at radius 1 is 1.53 bits per heavy atom. The van der Waals surface area contributed by atoms with Gasteiger partial charge in [-0.2, -0.15) is 5.26 Å². The van der Waals surface area contributed by atoms with Crippen molar-refractivity contribution in [3.8, 4) is 6.07 Å². The number of rotatable bonds is 2. The highest BCUT2D eigenvalue weighted by Gasteiger charge is 2.33. The third-order valence-corrected chi connectivity index (χ3v) is 3.64. The van der Waals surface area contributed by atoms with E-state index in [1.807, 2.05) is 20.8 Å². The summed E-state index contributed by atoms with van der Waals surface area (Å²) in [4.78, 5) is 11.7. The molecule has 0 amide bonds. The maximum Gasteiger partial charge on any atom is 0.319 e. The van der Waals surface area contributed by atoms with Crippen LogP contribution in [0.3, 0.4) is 0 Å². The van der Waals surface area contributed by atoms with Crippen molar-refractivity contribution < 1.29 is 9.53 Å². The maximum atomic E-state index is 11.7. The van der Waals surface area contributed by atoms with E-state index in [4.69, 9.17) is 10.00 Å². The number of carbonyl (C=O) groups is 1. The molecule has 0 N–H and O–H groups in total. The average Bonchev–Trinajstić information content (AvgIpc) is 2.50.